The molecule has 0 radical (unpaired) electrons. The van der Waals surface area contributed by atoms with Crippen molar-refractivity contribution in [2.75, 3.05) is 24.3 Å². The average Bonchev–Trinajstić information content (AvgIpc) is 3.24. The Kier molecular flexibility index (Phi) is 7.90. The van der Waals surface area contributed by atoms with Crippen LogP contribution in [0, 0.1) is 5.82 Å². The number of amides is 2. The number of para-hydroxylation sites is 1. The zero-order chi connectivity index (χ0) is 30.9. The van der Waals surface area contributed by atoms with E-state index in [1.54, 1.807) is 39.1 Å². The molecule has 5 rings (SSSR count). The Morgan fingerprint density at radius 1 is 1.02 bits per heavy atom. The summed E-state index contributed by atoms with van der Waals surface area (Å²) in [7, 11) is 3.14. The second-order valence-electron chi connectivity index (χ2n) is 11.1. The van der Waals surface area contributed by atoms with Crippen LogP contribution in [0.4, 0.5) is 26.4 Å². The molecule has 0 aliphatic carbocycles. The predicted octanol–water partition coefficient (Wildman–Crippen LogP) is 6.16. The standard InChI is InChI=1S/C32H32FN5O5/c1-32(2,3)43-31(41)38-17-23-27(24(39)18-38)28(35-21-9-7-6-8-10-21)29(37(23)4)19-13-14-34-26(16-19)36-30(40)20-11-12-22(33)25(15-20)42-5/h6-16,35H,17-18H2,1-5H3,(H,34,36,40). The molecule has 43 heavy (non-hydrogen) atoms. The highest BCUT2D eigenvalue weighted by Gasteiger charge is 2.36. The summed E-state index contributed by atoms with van der Waals surface area (Å²) in [5.41, 5.74) is 3.26. The van der Waals surface area contributed by atoms with Crippen LogP contribution in [0.25, 0.3) is 11.3 Å². The molecular formula is C32H32FN5O5. The van der Waals surface area contributed by atoms with Crippen LogP contribution in [0.15, 0.2) is 66.9 Å². The number of halogens is 1. The highest BCUT2D eigenvalue weighted by molar-refractivity contribution is 6.10. The topological polar surface area (TPSA) is 115 Å². The van der Waals surface area contributed by atoms with Gasteiger partial charge >= 0.3 is 6.09 Å². The van der Waals surface area contributed by atoms with Crippen molar-refractivity contribution in [2.45, 2.75) is 32.9 Å². The molecule has 0 spiro atoms. The molecular weight excluding hydrogens is 553 g/mol. The molecule has 0 atom stereocenters. The minimum absolute atomic E-state index is 0.0505. The van der Waals surface area contributed by atoms with Gasteiger partial charge in [-0.05, 0) is 63.2 Å². The monoisotopic (exact) mass is 585 g/mol. The molecule has 11 heteroatoms. The summed E-state index contributed by atoms with van der Waals surface area (Å²) >= 11 is 0. The second-order valence-corrected chi connectivity index (χ2v) is 11.1. The molecule has 4 aromatic rings. The number of Topliss-reactive ketones (excluding diaryl/α,β-unsaturated/α-hetero) is 1. The molecule has 0 bridgehead atoms. The molecule has 0 unspecified atom stereocenters. The highest BCUT2D eigenvalue weighted by Crippen LogP contribution is 2.40. The number of carbonyl (C=O) groups excluding carboxylic acids is 3. The van der Waals surface area contributed by atoms with Crippen LogP contribution in [0.2, 0.25) is 0 Å². The van der Waals surface area contributed by atoms with Gasteiger partial charge in [0.2, 0.25) is 0 Å². The molecule has 222 valence electrons. The number of ketones is 1. The number of hydrogen-bond donors (Lipinski definition) is 2. The number of benzene rings is 2. The Balaban J connectivity index is 1.54. The molecule has 2 aromatic heterocycles. The van der Waals surface area contributed by atoms with Crippen LogP contribution in [0.3, 0.4) is 0 Å². The molecule has 0 fully saturated rings. The number of fused-ring (bicyclic) bond motifs is 1. The molecule has 2 amide bonds. The van der Waals surface area contributed by atoms with Crippen molar-refractivity contribution < 1.29 is 28.2 Å². The Morgan fingerprint density at radius 2 is 1.77 bits per heavy atom. The van der Waals surface area contributed by atoms with Crippen LogP contribution in [-0.2, 0) is 18.3 Å². The smallest absolute Gasteiger partial charge is 0.411 e. The van der Waals surface area contributed by atoms with E-state index < -0.39 is 23.4 Å². The van der Waals surface area contributed by atoms with Gasteiger partial charge in [-0.3, -0.25) is 14.5 Å². The average molecular weight is 586 g/mol. The van der Waals surface area contributed by atoms with Crippen LogP contribution in [-0.4, -0.2) is 51.5 Å². The first-order valence-electron chi connectivity index (χ1n) is 13.6. The van der Waals surface area contributed by atoms with E-state index in [0.717, 1.165) is 11.8 Å². The Bertz CT molecular complexity index is 1710. The summed E-state index contributed by atoms with van der Waals surface area (Å²) in [6, 6.07) is 16.7. The van der Waals surface area contributed by atoms with Gasteiger partial charge in [-0.2, -0.15) is 0 Å². The number of rotatable bonds is 6. The highest BCUT2D eigenvalue weighted by atomic mass is 19.1. The third-order valence-electron chi connectivity index (χ3n) is 6.85. The van der Waals surface area contributed by atoms with Crippen LogP contribution >= 0.6 is 0 Å². The Hall–Kier alpha value is -5.19. The number of ether oxygens (including phenoxy) is 2. The Morgan fingerprint density at radius 3 is 2.47 bits per heavy atom. The van der Waals surface area contributed by atoms with Crippen molar-refractivity contribution in [3.8, 4) is 17.0 Å². The number of aromatic nitrogens is 2. The van der Waals surface area contributed by atoms with Crippen molar-refractivity contribution in [2.24, 2.45) is 7.05 Å². The molecule has 1 aliphatic rings. The fourth-order valence-electron chi connectivity index (χ4n) is 4.92. The van der Waals surface area contributed by atoms with Gasteiger partial charge in [0, 0.05) is 30.1 Å². The first kappa shape index (κ1) is 29.3. The number of anilines is 3. The molecule has 2 aromatic carbocycles. The number of methoxy groups -OCH3 is 1. The maximum absolute atomic E-state index is 13.9. The normalized spacial score (nSPS) is 12.9. The van der Waals surface area contributed by atoms with E-state index in [-0.39, 0.29) is 36.0 Å². The molecule has 10 nitrogen and oxygen atoms in total. The third kappa shape index (κ3) is 6.20. The number of carbonyl (C=O) groups is 3. The summed E-state index contributed by atoms with van der Waals surface area (Å²) in [6.45, 7) is 5.36. The fourth-order valence-corrected chi connectivity index (χ4v) is 4.92. The van der Waals surface area contributed by atoms with Crippen LogP contribution < -0.4 is 15.4 Å². The van der Waals surface area contributed by atoms with Gasteiger partial charge in [-0.1, -0.05) is 18.2 Å². The molecule has 1 aliphatic heterocycles. The number of hydrogen-bond acceptors (Lipinski definition) is 7. The van der Waals surface area contributed by atoms with Crippen molar-refractivity contribution in [1.29, 1.82) is 0 Å². The maximum atomic E-state index is 13.9. The van der Waals surface area contributed by atoms with Gasteiger partial charge < -0.3 is 24.7 Å². The lowest BCUT2D eigenvalue weighted by atomic mass is 10.0. The maximum Gasteiger partial charge on any atom is 0.411 e. The zero-order valence-corrected chi connectivity index (χ0v) is 24.5. The molecule has 0 saturated heterocycles. The van der Waals surface area contributed by atoms with Gasteiger partial charge in [-0.15, -0.1) is 0 Å². The van der Waals surface area contributed by atoms with Crippen molar-refractivity contribution in [3.63, 3.8) is 0 Å². The summed E-state index contributed by atoms with van der Waals surface area (Å²) in [5.74, 6) is -1.12. The minimum Gasteiger partial charge on any atom is -0.494 e. The van der Waals surface area contributed by atoms with Gasteiger partial charge in [0.05, 0.1) is 42.8 Å². The quantitative estimate of drug-likeness (QED) is 0.278. The summed E-state index contributed by atoms with van der Waals surface area (Å²) in [4.78, 5) is 45.2. The third-order valence-corrected chi connectivity index (χ3v) is 6.85. The predicted molar refractivity (Wildman–Crippen MR) is 160 cm³/mol. The van der Waals surface area contributed by atoms with E-state index in [1.807, 2.05) is 41.9 Å². The number of nitrogens with zero attached hydrogens (tertiary/aromatic N) is 3. The van der Waals surface area contributed by atoms with Crippen LogP contribution in [0.5, 0.6) is 5.75 Å². The van der Waals surface area contributed by atoms with E-state index in [2.05, 4.69) is 15.6 Å². The lowest BCUT2D eigenvalue weighted by Gasteiger charge is -2.30. The van der Waals surface area contributed by atoms with Crippen LogP contribution in [0.1, 0.15) is 47.2 Å². The lowest BCUT2D eigenvalue weighted by Crippen LogP contribution is -2.42. The minimum atomic E-state index is -0.712. The second kappa shape index (κ2) is 11.6. The van der Waals surface area contributed by atoms with E-state index in [1.165, 1.54) is 24.1 Å². The molecule has 3 heterocycles. The SMILES string of the molecule is COc1cc(C(=O)Nc2cc(-c3c(Nc4ccccc4)c4c(n3C)CN(C(=O)OC(C)(C)C)CC4=O)ccn2)ccc1F. The van der Waals surface area contributed by atoms with Gasteiger partial charge in [0.25, 0.3) is 5.91 Å². The summed E-state index contributed by atoms with van der Waals surface area (Å²) < 4.78 is 26.3. The van der Waals surface area contributed by atoms with E-state index in [4.69, 9.17) is 9.47 Å². The first-order valence-corrected chi connectivity index (χ1v) is 13.6. The lowest BCUT2D eigenvalue weighted by molar-refractivity contribution is 0.0216. The Labute approximate surface area is 248 Å². The van der Waals surface area contributed by atoms with Crippen molar-refractivity contribution in [1.82, 2.24) is 14.5 Å². The van der Waals surface area contributed by atoms with Gasteiger partial charge in [0.15, 0.2) is 17.3 Å². The summed E-state index contributed by atoms with van der Waals surface area (Å²) in [6.07, 6.45) is 0.974. The largest absolute Gasteiger partial charge is 0.494 e. The van der Waals surface area contributed by atoms with Crippen molar-refractivity contribution in [3.05, 3.63) is 89.5 Å². The molecule has 2 N–H and O–H groups in total. The zero-order valence-electron chi connectivity index (χ0n) is 24.5. The van der Waals surface area contributed by atoms with E-state index >= 15 is 0 Å². The van der Waals surface area contributed by atoms with E-state index in [0.29, 0.717) is 28.2 Å². The fraction of sp³-hybridized carbons (Fsp3) is 0.250. The summed E-state index contributed by atoms with van der Waals surface area (Å²) in [5, 5.41) is 6.15. The number of nitrogens with one attached hydrogen (secondary N) is 2. The molecule has 0 saturated carbocycles. The van der Waals surface area contributed by atoms with E-state index in [9.17, 15) is 18.8 Å². The first-order chi connectivity index (χ1) is 20.4. The van der Waals surface area contributed by atoms with Gasteiger partial charge in [0.1, 0.15) is 11.4 Å². The van der Waals surface area contributed by atoms with Gasteiger partial charge in [-0.25, -0.2) is 14.2 Å². The number of pyridine rings is 1. The van der Waals surface area contributed by atoms with Crippen molar-refractivity contribution >= 4 is 35.0 Å².